The van der Waals surface area contributed by atoms with Gasteiger partial charge in [0.25, 0.3) is 0 Å². The number of hydrogen-bond acceptors (Lipinski definition) is 2. The van der Waals surface area contributed by atoms with Crippen molar-refractivity contribution in [2.75, 3.05) is 0 Å². The maximum atomic E-state index is 11.0. The Morgan fingerprint density at radius 2 is 1.67 bits per heavy atom. The minimum Gasteiger partial charge on any atom is -0.368 e. The van der Waals surface area contributed by atoms with Crippen LogP contribution in [0, 0.1) is 0 Å². The van der Waals surface area contributed by atoms with Crippen molar-refractivity contribution in [2.24, 2.45) is 5.73 Å². The molecule has 1 unspecified atom stereocenters. The molecule has 1 atom stereocenters. The number of rotatable bonds is 3. The van der Waals surface area contributed by atoms with E-state index >= 15 is 0 Å². The van der Waals surface area contributed by atoms with Crippen LogP contribution in [0.4, 0.5) is 0 Å². The molecule has 0 saturated heterocycles. The summed E-state index contributed by atoms with van der Waals surface area (Å²) in [5, 5.41) is 0. The molecule has 4 heteroatoms. The highest BCUT2D eigenvalue weighted by atomic mass is 16.2. The van der Waals surface area contributed by atoms with E-state index in [9.17, 15) is 9.59 Å². The third-order valence-corrected chi connectivity index (χ3v) is 1.75. The van der Waals surface area contributed by atoms with Gasteiger partial charge in [-0.05, 0) is 20.8 Å². The minimum atomic E-state index is -0.525. The van der Waals surface area contributed by atoms with Crippen LogP contribution in [0.3, 0.4) is 0 Å². The molecule has 4 nitrogen and oxygen atoms in total. The lowest BCUT2D eigenvalue weighted by atomic mass is 10.2. The standard InChI is InChI=1S/C8H16N2O2/c1-5(2)10(7(4)11)6(3)8(9)12/h5-6H,1-4H3,(H2,9,12). The van der Waals surface area contributed by atoms with Crippen molar-refractivity contribution in [1.82, 2.24) is 4.90 Å². The van der Waals surface area contributed by atoms with Crippen LogP contribution in [0.1, 0.15) is 27.7 Å². The molecule has 0 bridgehead atoms. The maximum Gasteiger partial charge on any atom is 0.239 e. The quantitative estimate of drug-likeness (QED) is 0.657. The summed E-state index contributed by atoms with van der Waals surface area (Å²) in [5.41, 5.74) is 5.08. The van der Waals surface area contributed by atoms with E-state index in [4.69, 9.17) is 5.73 Å². The summed E-state index contributed by atoms with van der Waals surface area (Å²) in [6.45, 7) is 6.75. The van der Waals surface area contributed by atoms with Crippen molar-refractivity contribution in [2.45, 2.75) is 39.8 Å². The highest BCUT2D eigenvalue weighted by Gasteiger charge is 2.23. The van der Waals surface area contributed by atoms with Crippen LogP contribution in [0.5, 0.6) is 0 Å². The van der Waals surface area contributed by atoms with Gasteiger partial charge in [-0.25, -0.2) is 0 Å². The highest BCUT2D eigenvalue weighted by Crippen LogP contribution is 2.04. The molecule has 0 spiro atoms. The molecule has 0 fully saturated rings. The Kier molecular flexibility index (Phi) is 3.73. The van der Waals surface area contributed by atoms with Gasteiger partial charge in [-0.1, -0.05) is 0 Å². The van der Waals surface area contributed by atoms with Crippen molar-refractivity contribution in [3.05, 3.63) is 0 Å². The van der Waals surface area contributed by atoms with Gasteiger partial charge in [-0.2, -0.15) is 0 Å². The molecule has 0 aromatic rings. The Morgan fingerprint density at radius 1 is 1.25 bits per heavy atom. The zero-order chi connectivity index (χ0) is 9.89. The van der Waals surface area contributed by atoms with Crippen LogP contribution in [0.2, 0.25) is 0 Å². The molecule has 0 saturated carbocycles. The largest absolute Gasteiger partial charge is 0.368 e. The Balaban J connectivity index is 4.51. The Hall–Kier alpha value is -1.06. The molecule has 70 valence electrons. The Bertz CT molecular complexity index is 189. The van der Waals surface area contributed by atoms with E-state index in [1.54, 1.807) is 6.92 Å². The maximum absolute atomic E-state index is 11.0. The van der Waals surface area contributed by atoms with Crippen molar-refractivity contribution < 1.29 is 9.59 Å². The zero-order valence-corrected chi connectivity index (χ0v) is 8.00. The van der Waals surface area contributed by atoms with Gasteiger partial charge in [0.15, 0.2) is 0 Å². The fraction of sp³-hybridized carbons (Fsp3) is 0.750. The van der Waals surface area contributed by atoms with E-state index < -0.39 is 11.9 Å². The summed E-state index contributed by atoms with van der Waals surface area (Å²) in [4.78, 5) is 23.3. The molecule has 0 aliphatic rings. The Morgan fingerprint density at radius 3 is 1.75 bits per heavy atom. The van der Waals surface area contributed by atoms with Crippen LogP contribution in [0.25, 0.3) is 0 Å². The van der Waals surface area contributed by atoms with Crippen LogP contribution in [0.15, 0.2) is 0 Å². The fourth-order valence-electron chi connectivity index (χ4n) is 1.22. The first-order chi connectivity index (χ1) is 5.37. The number of primary amides is 1. The summed E-state index contributed by atoms with van der Waals surface area (Å²) >= 11 is 0. The number of amides is 2. The van der Waals surface area contributed by atoms with E-state index in [1.807, 2.05) is 13.8 Å². The van der Waals surface area contributed by atoms with E-state index in [0.29, 0.717) is 0 Å². The first kappa shape index (κ1) is 10.9. The van der Waals surface area contributed by atoms with E-state index in [0.717, 1.165) is 0 Å². The van der Waals surface area contributed by atoms with Crippen molar-refractivity contribution >= 4 is 11.8 Å². The molecule has 12 heavy (non-hydrogen) atoms. The summed E-state index contributed by atoms with van der Waals surface area (Å²) in [7, 11) is 0. The van der Waals surface area contributed by atoms with Crippen molar-refractivity contribution in [1.29, 1.82) is 0 Å². The molecule has 0 aromatic heterocycles. The summed E-state index contributed by atoms with van der Waals surface area (Å²) in [6.07, 6.45) is 0. The molecule has 0 rings (SSSR count). The second kappa shape index (κ2) is 4.09. The molecule has 0 aliphatic heterocycles. The Labute approximate surface area is 72.7 Å². The summed E-state index contributed by atoms with van der Waals surface area (Å²) in [6, 6.07) is -0.521. The lowest BCUT2D eigenvalue weighted by molar-refractivity contribution is -0.138. The number of carbonyl (C=O) groups excluding carboxylic acids is 2. The average Bonchev–Trinajstić information content (AvgIpc) is 1.85. The fourth-order valence-corrected chi connectivity index (χ4v) is 1.22. The number of hydrogen-bond donors (Lipinski definition) is 1. The molecule has 2 N–H and O–H groups in total. The number of nitrogens with zero attached hydrogens (tertiary/aromatic N) is 1. The predicted octanol–water partition coefficient (Wildman–Crippen LogP) is 0.117. The molecule has 0 aliphatic carbocycles. The smallest absolute Gasteiger partial charge is 0.239 e. The van der Waals surface area contributed by atoms with E-state index in [1.165, 1.54) is 11.8 Å². The molecule has 0 radical (unpaired) electrons. The topological polar surface area (TPSA) is 63.4 Å². The first-order valence-electron chi connectivity index (χ1n) is 3.96. The lowest BCUT2D eigenvalue weighted by Crippen LogP contribution is -2.48. The minimum absolute atomic E-state index is 0.00463. The zero-order valence-electron chi connectivity index (χ0n) is 8.00. The summed E-state index contributed by atoms with van der Waals surface area (Å²) < 4.78 is 0. The SMILES string of the molecule is CC(=O)N(C(C)C)C(C)C(N)=O. The number of carbonyl (C=O) groups is 2. The molecular weight excluding hydrogens is 156 g/mol. The van der Waals surface area contributed by atoms with E-state index in [2.05, 4.69) is 0 Å². The van der Waals surface area contributed by atoms with Gasteiger partial charge in [-0.3, -0.25) is 9.59 Å². The van der Waals surface area contributed by atoms with E-state index in [-0.39, 0.29) is 11.9 Å². The monoisotopic (exact) mass is 172 g/mol. The lowest BCUT2D eigenvalue weighted by Gasteiger charge is -2.29. The second-order valence-corrected chi connectivity index (χ2v) is 3.10. The van der Waals surface area contributed by atoms with Crippen molar-refractivity contribution in [3.8, 4) is 0 Å². The van der Waals surface area contributed by atoms with Gasteiger partial charge >= 0.3 is 0 Å². The molecule has 2 amide bonds. The molecule has 0 heterocycles. The third kappa shape index (κ3) is 2.53. The second-order valence-electron chi connectivity index (χ2n) is 3.10. The van der Waals surface area contributed by atoms with Crippen LogP contribution in [-0.4, -0.2) is 28.8 Å². The predicted molar refractivity (Wildman–Crippen MR) is 46.3 cm³/mol. The molecular formula is C8H16N2O2. The number of nitrogens with two attached hydrogens (primary N) is 1. The first-order valence-corrected chi connectivity index (χ1v) is 3.96. The van der Waals surface area contributed by atoms with Gasteiger partial charge in [0.1, 0.15) is 6.04 Å². The van der Waals surface area contributed by atoms with Crippen molar-refractivity contribution in [3.63, 3.8) is 0 Å². The summed E-state index contributed by atoms with van der Waals surface area (Å²) in [5.74, 6) is -0.602. The van der Waals surface area contributed by atoms with Gasteiger partial charge in [0, 0.05) is 13.0 Å². The molecule has 0 aromatic carbocycles. The average molecular weight is 172 g/mol. The van der Waals surface area contributed by atoms with Gasteiger partial charge in [0.2, 0.25) is 11.8 Å². The van der Waals surface area contributed by atoms with Gasteiger partial charge in [-0.15, -0.1) is 0 Å². The third-order valence-electron chi connectivity index (χ3n) is 1.75. The van der Waals surface area contributed by atoms with Crippen LogP contribution >= 0.6 is 0 Å². The normalized spacial score (nSPS) is 12.8. The van der Waals surface area contributed by atoms with Gasteiger partial charge < -0.3 is 10.6 Å². The van der Waals surface area contributed by atoms with Crippen LogP contribution < -0.4 is 5.73 Å². The van der Waals surface area contributed by atoms with Gasteiger partial charge in [0.05, 0.1) is 0 Å². The highest BCUT2D eigenvalue weighted by molar-refractivity contribution is 5.85. The van der Waals surface area contributed by atoms with Crippen LogP contribution in [-0.2, 0) is 9.59 Å².